The number of fused-ring (bicyclic) bond motifs is 3. The molecule has 1 N–H and O–H groups in total. The molecular formula is C24H22N2O3. The zero-order valence-electron chi connectivity index (χ0n) is 16.4. The molecule has 29 heavy (non-hydrogen) atoms. The number of phenols is 1. The molecule has 0 amide bonds. The lowest BCUT2D eigenvalue weighted by Gasteiger charge is -2.38. The second kappa shape index (κ2) is 6.85. The van der Waals surface area contributed by atoms with Gasteiger partial charge >= 0.3 is 0 Å². The molecular weight excluding hydrogens is 364 g/mol. The van der Waals surface area contributed by atoms with E-state index in [0.717, 1.165) is 28.2 Å². The third-order valence-corrected chi connectivity index (χ3v) is 5.67. The van der Waals surface area contributed by atoms with Crippen LogP contribution >= 0.6 is 0 Å². The molecule has 0 aliphatic carbocycles. The average molecular weight is 386 g/mol. The van der Waals surface area contributed by atoms with Crippen molar-refractivity contribution in [2.75, 3.05) is 7.11 Å². The van der Waals surface area contributed by atoms with Crippen LogP contribution in [0, 0.1) is 6.92 Å². The van der Waals surface area contributed by atoms with Gasteiger partial charge in [-0.05, 0) is 36.8 Å². The van der Waals surface area contributed by atoms with Crippen LogP contribution in [0.25, 0.3) is 0 Å². The number of hydrazone groups is 1. The van der Waals surface area contributed by atoms with Gasteiger partial charge in [0.15, 0.2) is 0 Å². The average Bonchev–Trinajstić information content (AvgIpc) is 3.19. The number of hydrogen-bond acceptors (Lipinski definition) is 5. The number of ether oxygens (including phenoxy) is 2. The van der Waals surface area contributed by atoms with Crippen molar-refractivity contribution in [3.63, 3.8) is 0 Å². The summed E-state index contributed by atoms with van der Waals surface area (Å²) in [6, 6.07) is 21.6. The highest BCUT2D eigenvalue weighted by molar-refractivity contribution is 6.04. The maximum atomic E-state index is 10.5. The van der Waals surface area contributed by atoms with E-state index in [0.29, 0.717) is 17.7 Å². The summed E-state index contributed by atoms with van der Waals surface area (Å²) in [7, 11) is 1.62. The van der Waals surface area contributed by atoms with Crippen LogP contribution in [0.1, 0.15) is 40.9 Å². The predicted molar refractivity (Wildman–Crippen MR) is 111 cm³/mol. The second-order valence-corrected chi connectivity index (χ2v) is 7.39. The van der Waals surface area contributed by atoms with Crippen molar-refractivity contribution < 1.29 is 14.6 Å². The zero-order chi connectivity index (χ0) is 20.0. The van der Waals surface area contributed by atoms with E-state index in [-0.39, 0.29) is 18.0 Å². The molecule has 0 bridgehead atoms. The Kier molecular flexibility index (Phi) is 4.16. The molecule has 0 radical (unpaired) electrons. The summed E-state index contributed by atoms with van der Waals surface area (Å²) in [5.41, 5.74) is 4.87. The van der Waals surface area contributed by atoms with Crippen molar-refractivity contribution in [3.8, 4) is 17.2 Å². The van der Waals surface area contributed by atoms with Crippen LogP contribution in [0.15, 0.2) is 71.8 Å². The highest BCUT2D eigenvalue weighted by Crippen LogP contribution is 2.48. The van der Waals surface area contributed by atoms with Gasteiger partial charge in [0.05, 0.1) is 18.9 Å². The highest BCUT2D eigenvalue weighted by Gasteiger charge is 2.41. The Morgan fingerprint density at radius 1 is 1.03 bits per heavy atom. The molecule has 146 valence electrons. The number of methoxy groups -OCH3 is 1. The maximum absolute atomic E-state index is 10.5. The number of aryl methyl sites for hydroxylation is 1. The third kappa shape index (κ3) is 2.90. The van der Waals surface area contributed by atoms with Crippen LogP contribution < -0.4 is 9.47 Å². The van der Waals surface area contributed by atoms with Crippen LogP contribution in [-0.2, 0) is 0 Å². The molecule has 0 saturated heterocycles. The van der Waals surface area contributed by atoms with Gasteiger partial charge in [0.1, 0.15) is 17.2 Å². The van der Waals surface area contributed by atoms with E-state index in [1.54, 1.807) is 19.2 Å². The van der Waals surface area contributed by atoms with Crippen molar-refractivity contribution in [2.45, 2.75) is 25.6 Å². The Balaban J connectivity index is 1.63. The minimum atomic E-state index is -0.318. The van der Waals surface area contributed by atoms with Crippen molar-refractivity contribution in [2.24, 2.45) is 5.10 Å². The Morgan fingerprint density at radius 2 is 1.79 bits per heavy atom. The van der Waals surface area contributed by atoms with Crippen molar-refractivity contribution >= 4 is 5.71 Å². The molecule has 5 nitrogen and oxygen atoms in total. The molecule has 5 rings (SSSR count). The van der Waals surface area contributed by atoms with E-state index in [2.05, 4.69) is 25.1 Å². The lowest BCUT2D eigenvalue weighted by molar-refractivity contribution is -0.0194. The summed E-state index contributed by atoms with van der Waals surface area (Å²) in [4.78, 5) is 0. The molecule has 2 heterocycles. The first kappa shape index (κ1) is 17.6. The number of nitrogens with zero attached hydrogens (tertiary/aromatic N) is 2. The number of benzene rings is 3. The summed E-state index contributed by atoms with van der Waals surface area (Å²) >= 11 is 0. The maximum Gasteiger partial charge on any atom is 0.214 e. The monoisotopic (exact) mass is 386 g/mol. The van der Waals surface area contributed by atoms with Gasteiger partial charge in [-0.3, -0.25) is 0 Å². The summed E-state index contributed by atoms with van der Waals surface area (Å²) in [6.45, 7) is 2.09. The Morgan fingerprint density at radius 3 is 2.59 bits per heavy atom. The summed E-state index contributed by atoms with van der Waals surface area (Å²) in [5.74, 6) is 1.77. The molecule has 2 atom stereocenters. The van der Waals surface area contributed by atoms with E-state index >= 15 is 0 Å². The lowest BCUT2D eigenvalue weighted by atomic mass is 9.95. The van der Waals surface area contributed by atoms with Gasteiger partial charge < -0.3 is 14.6 Å². The topological polar surface area (TPSA) is 54.3 Å². The molecule has 0 saturated carbocycles. The summed E-state index contributed by atoms with van der Waals surface area (Å²) < 4.78 is 11.7. The molecule has 0 aromatic heterocycles. The molecule has 2 aliphatic heterocycles. The van der Waals surface area contributed by atoms with Gasteiger partial charge in [-0.15, -0.1) is 0 Å². The van der Waals surface area contributed by atoms with E-state index < -0.39 is 0 Å². The summed E-state index contributed by atoms with van der Waals surface area (Å²) in [5, 5.41) is 17.4. The smallest absolute Gasteiger partial charge is 0.214 e. The number of hydrogen-bond donors (Lipinski definition) is 1. The predicted octanol–water partition coefficient (Wildman–Crippen LogP) is 4.95. The molecule has 3 aromatic carbocycles. The van der Waals surface area contributed by atoms with Gasteiger partial charge in [0.2, 0.25) is 6.23 Å². The number of aromatic hydroxyl groups is 1. The Labute approximate surface area is 169 Å². The third-order valence-electron chi connectivity index (χ3n) is 5.67. The van der Waals surface area contributed by atoms with Gasteiger partial charge in [-0.1, -0.05) is 42.5 Å². The van der Waals surface area contributed by atoms with Gasteiger partial charge in [-0.25, -0.2) is 5.01 Å². The quantitative estimate of drug-likeness (QED) is 0.692. The number of phenolic OH excluding ortho intramolecular Hbond substituents is 1. The van der Waals surface area contributed by atoms with Crippen molar-refractivity contribution in [3.05, 3.63) is 89.0 Å². The molecule has 0 unspecified atom stereocenters. The van der Waals surface area contributed by atoms with E-state index in [1.807, 2.05) is 41.4 Å². The first-order chi connectivity index (χ1) is 14.2. The highest BCUT2D eigenvalue weighted by atomic mass is 16.5. The SMILES string of the molecule is COc1ccc(O)c(C2=NN3[C@H](C2)c2ccccc2O[C@@H]3c2ccccc2C)c1. The first-order valence-electron chi connectivity index (χ1n) is 9.70. The van der Waals surface area contributed by atoms with Crippen molar-refractivity contribution in [1.29, 1.82) is 0 Å². The van der Waals surface area contributed by atoms with E-state index in [1.165, 1.54) is 0 Å². The van der Waals surface area contributed by atoms with Crippen LogP contribution in [0.4, 0.5) is 0 Å². The normalized spacial score (nSPS) is 19.8. The largest absolute Gasteiger partial charge is 0.507 e. The van der Waals surface area contributed by atoms with Crippen molar-refractivity contribution in [1.82, 2.24) is 5.01 Å². The first-order valence-corrected chi connectivity index (χ1v) is 9.70. The molecule has 0 spiro atoms. The van der Waals surface area contributed by atoms with Crippen LogP contribution in [0.3, 0.4) is 0 Å². The second-order valence-electron chi connectivity index (χ2n) is 7.39. The minimum Gasteiger partial charge on any atom is -0.507 e. The summed E-state index contributed by atoms with van der Waals surface area (Å²) in [6.07, 6.45) is 0.366. The lowest BCUT2D eigenvalue weighted by Crippen LogP contribution is -2.34. The van der Waals surface area contributed by atoms with Gasteiger partial charge in [0.25, 0.3) is 0 Å². The Bertz CT molecular complexity index is 1110. The fraction of sp³-hybridized carbons (Fsp3) is 0.208. The van der Waals surface area contributed by atoms with Gasteiger partial charge in [-0.2, -0.15) is 5.10 Å². The molecule has 2 aliphatic rings. The molecule has 3 aromatic rings. The van der Waals surface area contributed by atoms with Crippen LogP contribution in [0.2, 0.25) is 0 Å². The van der Waals surface area contributed by atoms with Crippen LogP contribution in [0.5, 0.6) is 17.2 Å². The van der Waals surface area contributed by atoms with E-state index in [4.69, 9.17) is 14.6 Å². The van der Waals surface area contributed by atoms with Crippen LogP contribution in [-0.4, -0.2) is 22.9 Å². The fourth-order valence-electron chi connectivity index (χ4n) is 4.14. The standard InChI is InChI=1S/C24H22N2O3/c1-15-7-3-4-8-17(15)24-26-21(18-9-5-6-10-23(18)29-24)14-20(25-26)19-13-16(28-2)11-12-22(19)27/h3-13,21,24,27H,14H2,1-2H3/t21-,24-/m1/s1. The Hall–Kier alpha value is -3.47. The minimum absolute atomic E-state index is 0.0464. The van der Waals surface area contributed by atoms with E-state index in [9.17, 15) is 5.11 Å². The number of para-hydroxylation sites is 1. The molecule has 0 fully saturated rings. The molecule has 5 heteroatoms. The number of rotatable bonds is 3. The zero-order valence-corrected chi connectivity index (χ0v) is 16.4. The van der Waals surface area contributed by atoms with Gasteiger partial charge in [0, 0.05) is 23.1 Å². The fourth-order valence-corrected chi connectivity index (χ4v) is 4.14.